The average molecular weight is 239 g/mol. The third-order valence-corrected chi connectivity index (χ3v) is 3.47. The van der Waals surface area contributed by atoms with Gasteiger partial charge >= 0.3 is 0 Å². The molecule has 0 atom stereocenters. The molecule has 2 rings (SSSR count). The van der Waals surface area contributed by atoms with Crippen molar-refractivity contribution in [3.05, 3.63) is 12.4 Å². The zero-order chi connectivity index (χ0) is 11.4. The van der Waals surface area contributed by atoms with E-state index >= 15 is 0 Å². The lowest BCUT2D eigenvalue weighted by Crippen LogP contribution is -2.31. The van der Waals surface area contributed by atoms with Crippen molar-refractivity contribution in [3.63, 3.8) is 0 Å². The summed E-state index contributed by atoms with van der Waals surface area (Å²) in [5.41, 5.74) is 5.85. The quantitative estimate of drug-likeness (QED) is 0.644. The van der Waals surface area contributed by atoms with E-state index in [2.05, 4.69) is 9.97 Å². The summed E-state index contributed by atoms with van der Waals surface area (Å²) in [5.74, 6) is 0.680. The highest BCUT2D eigenvalue weighted by atomic mass is 32.2. The fraction of sp³-hybridized carbons (Fsp3) is 0.636. The monoisotopic (exact) mass is 239 g/mol. The Hall–Kier alpha value is -0.810. The number of nitrogens with zero attached hydrogens (tertiary/aromatic N) is 2. The number of aromatic nitrogens is 2. The summed E-state index contributed by atoms with van der Waals surface area (Å²) in [4.78, 5) is 8.24. The van der Waals surface area contributed by atoms with Crippen LogP contribution in [0.15, 0.2) is 17.4 Å². The predicted octanol–water partition coefficient (Wildman–Crippen LogP) is 1.85. The lowest BCUT2D eigenvalue weighted by Gasteiger charge is -2.26. The molecular weight excluding hydrogens is 222 g/mol. The molecule has 0 saturated heterocycles. The number of thioether (sulfide) groups is 1. The van der Waals surface area contributed by atoms with Crippen LogP contribution in [0.25, 0.3) is 0 Å². The minimum atomic E-state index is 0.268. The van der Waals surface area contributed by atoms with Crippen molar-refractivity contribution in [3.8, 4) is 5.88 Å². The Morgan fingerprint density at radius 2 is 2.06 bits per heavy atom. The van der Waals surface area contributed by atoms with Crippen LogP contribution < -0.4 is 10.5 Å². The molecule has 16 heavy (non-hydrogen) atoms. The van der Waals surface area contributed by atoms with Crippen LogP contribution in [0, 0.1) is 0 Å². The van der Waals surface area contributed by atoms with Crippen molar-refractivity contribution < 1.29 is 4.74 Å². The highest BCUT2D eigenvalue weighted by Gasteiger charge is 2.20. The molecule has 1 aromatic rings. The standard InChI is InChI=1S/C11H17N3OS/c1-16-11-6-10(13-7-14-11)15-9-4-2-8(12)3-5-9/h6-9H,2-5,12H2,1H3. The van der Waals surface area contributed by atoms with Crippen LogP contribution in [0.3, 0.4) is 0 Å². The van der Waals surface area contributed by atoms with Crippen molar-refractivity contribution in [2.24, 2.45) is 5.73 Å². The second kappa shape index (κ2) is 5.50. The van der Waals surface area contributed by atoms with E-state index in [9.17, 15) is 0 Å². The molecule has 0 aliphatic heterocycles. The molecule has 0 unspecified atom stereocenters. The van der Waals surface area contributed by atoms with E-state index in [1.807, 2.05) is 12.3 Å². The molecule has 0 radical (unpaired) electrons. The zero-order valence-electron chi connectivity index (χ0n) is 9.43. The van der Waals surface area contributed by atoms with E-state index < -0.39 is 0 Å². The van der Waals surface area contributed by atoms with Gasteiger partial charge in [-0.05, 0) is 31.9 Å². The van der Waals surface area contributed by atoms with Crippen molar-refractivity contribution in [2.45, 2.75) is 42.9 Å². The van der Waals surface area contributed by atoms with Gasteiger partial charge in [0.1, 0.15) is 17.5 Å². The van der Waals surface area contributed by atoms with Crippen LogP contribution in [-0.2, 0) is 0 Å². The molecule has 0 amide bonds. The molecule has 1 saturated carbocycles. The Morgan fingerprint density at radius 1 is 1.31 bits per heavy atom. The first-order chi connectivity index (χ1) is 7.78. The summed E-state index contributed by atoms with van der Waals surface area (Å²) in [7, 11) is 0. The van der Waals surface area contributed by atoms with Crippen LogP contribution in [0.1, 0.15) is 25.7 Å². The minimum Gasteiger partial charge on any atom is -0.474 e. The lowest BCUT2D eigenvalue weighted by molar-refractivity contribution is 0.140. The molecule has 1 fully saturated rings. The Kier molecular flexibility index (Phi) is 4.01. The molecule has 4 nitrogen and oxygen atoms in total. The highest BCUT2D eigenvalue weighted by Crippen LogP contribution is 2.23. The van der Waals surface area contributed by atoms with Crippen LogP contribution in [0.5, 0.6) is 5.88 Å². The van der Waals surface area contributed by atoms with E-state index in [0.29, 0.717) is 11.9 Å². The smallest absolute Gasteiger partial charge is 0.217 e. The van der Waals surface area contributed by atoms with Gasteiger partial charge in [0.25, 0.3) is 0 Å². The summed E-state index contributed by atoms with van der Waals surface area (Å²) < 4.78 is 5.83. The summed E-state index contributed by atoms with van der Waals surface area (Å²) in [6.07, 6.45) is 7.96. The van der Waals surface area contributed by atoms with Crippen LogP contribution in [-0.4, -0.2) is 28.4 Å². The molecule has 2 N–H and O–H groups in total. The maximum atomic E-state index is 5.85. The largest absolute Gasteiger partial charge is 0.474 e. The van der Waals surface area contributed by atoms with Gasteiger partial charge in [0.2, 0.25) is 5.88 Å². The number of nitrogens with two attached hydrogens (primary N) is 1. The summed E-state index contributed by atoms with van der Waals surface area (Å²) in [6, 6.07) is 2.24. The molecule has 1 heterocycles. The summed E-state index contributed by atoms with van der Waals surface area (Å²) in [5, 5.41) is 0.942. The van der Waals surface area contributed by atoms with E-state index in [-0.39, 0.29) is 6.10 Å². The minimum absolute atomic E-state index is 0.268. The van der Waals surface area contributed by atoms with Gasteiger partial charge in [0.05, 0.1) is 0 Å². The number of rotatable bonds is 3. The van der Waals surface area contributed by atoms with E-state index in [1.165, 1.54) is 0 Å². The molecule has 1 aromatic heterocycles. The van der Waals surface area contributed by atoms with Gasteiger partial charge < -0.3 is 10.5 Å². The summed E-state index contributed by atoms with van der Waals surface area (Å²) >= 11 is 1.59. The first-order valence-electron chi connectivity index (χ1n) is 5.56. The van der Waals surface area contributed by atoms with E-state index in [0.717, 1.165) is 30.7 Å². The zero-order valence-corrected chi connectivity index (χ0v) is 10.2. The Bertz CT molecular complexity index is 340. The fourth-order valence-electron chi connectivity index (χ4n) is 1.88. The number of hydrogen-bond donors (Lipinski definition) is 1. The molecule has 1 aliphatic carbocycles. The third kappa shape index (κ3) is 3.09. The number of hydrogen-bond acceptors (Lipinski definition) is 5. The van der Waals surface area contributed by atoms with Crippen molar-refractivity contribution in [2.75, 3.05) is 6.26 Å². The Balaban J connectivity index is 1.93. The molecule has 0 bridgehead atoms. The second-order valence-corrected chi connectivity index (χ2v) is 4.88. The van der Waals surface area contributed by atoms with Gasteiger partial charge in [0, 0.05) is 12.1 Å². The molecule has 5 heteroatoms. The van der Waals surface area contributed by atoms with Gasteiger partial charge in [0.15, 0.2) is 0 Å². The topological polar surface area (TPSA) is 61.0 Å². The van der Waals surface area contributed by atoms with E-state index in [4.69, 9.17) is 10.5 Å². The molecule has 0 spiro atoms. The normalized spacial score (nSPS) is 25.4. The highest BCUT2D eigenvalue weighted by molar-refractivity contribution is 7.98. The van der Waals surface area contributed by atoms with Crippen molar-refractivity contribution in [1.82, 2.24) is 9.97 Å². The summed E-state index contributed by atoms with van der Waals surface area (Å²) in [6.45, 7) is 0. The van der Waals surface area contributed by atoms with Gasteiger partial charge in [-0.1, -0.05) is 0 Å². The fourth-order valence-corrected chi connectivity index (χ4v) is 2.25. The van der Waals surface area contributed by atoms with Gasteiger partial charge in [-0.3, -0.25) is 0 Å². The number of ether oxygens (including phenoxy) is 1. The first kappa shape index (κ1) is 11.7. The first-order valence-corrected chi connectivity index (χ1v) is 6.78. The maximum absolute atomic E-state index is 5.85. The third-order valence-electron chi connectivity index (χ3n) is 2.83. The SMILES string of the molecule is CSc1cc(OC2CCC(N)CC2)ncn1. The average Bonchev–Trinajstić information content (AvgIpc) is 2.32. The molecule has 88 valence electrons. The second-order valence-electron chi connectivity index (χ2n) is 4.05. The molecular formula is C11H17N3OS. The Labute approximate surface area is 100.0 Å². The van der Waals surface area contributed by atoms with Gasteiger partial charge in [-0.15, -0.1) is 11.8 Å². The van der Waals surface area contributed by atoms with Crippen LogP contribution >= 0.6 is 11.8 Å². The van der Waals surface area contributed by atoms with Crippen LogP contribution in [0.4, 0.5) is 0 Å². The van der Waals surface area contributed by atoms with Crippen molar-refractivity contribution in [1.29, 1.82) is 0 Å². The molecule has 0 aromatic carbocycles. The maximum Gasteiger partial charge on any atom is 0.217 e. The van der Waals surface area contributed by atoms with Gasteiger partial charge in [-0.2, -0.15) is 0 Å². The van der Waals surface area contributed by atoms with Gasteiger partial charge in [-0.25, -0.2) is 9.97 Å². The lowest BCUT2D eigenvalue weighted by atomic mass is 9.94. The molecule has 1 aliphatic rings. The van der Waals surface area contributed by atoms with E-state index in [1.54, 1.807) is 18.1 Å². The van der Waals surface area contributed by atoms with Crippen molar-refractivity contribution >= 4 is 11.8 Å². The Morgan fingerprint density at radius 3 is 2.75 bits per heavy atom. The van der Waals surface area contributed by atoms with Crippen LogP contribution in [0.2, 0.25) is 0 Å². The predicted molar refractivity (Wildman–Crippen MR) is 64.7 cm³/mol.